The number of anilines is 1. The molecule has 0 radical (unpaired) electrons. The molecule has 0 saturated carbocycles. The van der Waals surface area contributed by atoms with Crippen molar-refractivity contribution in [2.45, 2.75) is 0 Å². The third kappa shape index (κ3) is 3.11. The highest BCUT2D eigenvalue weighted by molar-refractivity contribution is 6.34. The number of ether oxygens (including phenoxy) is 2. The Labute approximate surface area is 147 Å². The smallest absolute Gasteiger partial charge is 0.257 e. The van der Waals surface area contributed by atoms with Crippen molar-refractivity contribution in [3.8, 4) is 17.2 Å². The Morgan fingerprint density at radius 3 is 2.76 bits per heavy atom. The minimum atomic E-state index is -0.350. The summed E-state index contributed by atoms with van der Waals surface area (Å²) in [6.45, 7) is 0.989. The van der Waals surface area contributed by atoms with Gasteiger partial charge in [0.25, 0.3) is 5.91 Å². The van der Waals surface area contributed by atoms with Gasteiger partial charge >= 0.3 is 0 Å². The Bertz CT molecular complexity index is 930. The molecule has 8 nitrogen and oxygen atoms in total. The first-order valence-electron chi connectivity index (χ1n) is 7.44. The largest absolute Gasteiger partial charge is 0.486 e. The monoisotopic (exact) mass is 357 g/mol. The van der Waals surface area contributed by atoms with Crippen LogP contribution in [-0.2, 0) is 0 Å². The number of aromatic nitrogens is 4. The lowest BCUT2D eigenvalue weighted by Crippen LogP contribution is -2.16. The van der Waals surface area contributed by atoms with E-state index < -0.39 is 0 Å². The minimum absolute atomic E-state index is 0.310. The maximum Gasteiger partial charge on any atom is 0.257 e. The average molecular weight is 358 g/mol. The SMILES string of the molecule is O=C(Nc1ccc2c(c1)OCCO2)c1cc(-n2cnnn2)ccc1Cl. The van der Waals surface area contributed by atoms with E-state index in [1.54, 1.807) is 36.4 Å². The van der Waals surface area contributed by atoms with Crippen LogP contribution in [0.2, 0.25) is 5.02 Å². The van der Waals surface area contributed by atoms with E-state index in [9.17, 15) is 4.79 Å². The lowest BCUT2D eigenvalue weighted by Gasteiger charge is -2.19. The molecule has 0 atom stereocenters. The van der Waals surface area contributed by atoms with Crippen molar-refractivity contribution in [1.82, 2.24) is 20.2 Å². The molecule has 1 N–H and O–H groups in total. The Hall–Kier alpha value is -3.13. The first-order chi connectivity index (χ1) is 12.2. The number of nitrogens with zero attached hydrogens (tertiary/aromatic N) is 4. The lowest BCUT2D eigenvalue weighted by molar-refractivity contribution is 0.102. The summed E-state index contributed by atoms with van der Waals surface area (Å²) < 4.78 is 12.4. The van der Waals surface area contributed by atoms with Gasteiger partial charge in [-0.15, -0.1) is 5.10 Å². The van der Waals surface area contributed by atoms with Crippen LogP contribution in [0.4, 0.5) is 5.69 Å². The fourth-order valence-electron chi connectivity index (χ4n) is 2.43. The lowest BCUT2D eigenvalue weighted by atomic mass is 10.1. The van der Waals surface area contributed by atoms with Gasteiger partial charge in [-0.1, -0.05) is 11.6 Å². The predicted molar refractivity (Wildman–Crippen MR) is 89.5 cm³/mol. The van der Waals surface area contributed by atoms with Crippen molar-refractivity contribution < 1.29 is 14.3 Å². The van der Waals surface area contributed by atoms with Gasteiger partial charge in [-0.25, -0.2) is 4.68 Å². The number of nitrogens with one attached hydrogen (secondary N) is 1. The van der Waals surface area contributed by atoms with E-state index in [0.29, 0.717) is 46.7 Å². The number of benzene rings is 2. The number of amides is 1. The number of hydrogen-bond acceptors (Lipinski definition) is 6. The molecule has 1 aliphatic rings. The molecule has 4 rings (SSSR count). The maximum absolute atomic E-state index is 12.6. The molecule has 2 heterocycles. The molecule has 1 aliphatic heterocycles. The summed E-state index contributed by atoms with van der Waals surface area (Å²) >= 11 is 6.17. The van der Waals surface area contributed by atoms with Crippen LogP contribution in [0.25, 0.3) is 5.69 Å². The Kier molecular flexibility index (Phi) is 3.95. The average Bonchev–Trinajstić information content (AvgIpc) is 3.16. The molecule has 0 aliphatic carbocycles. The molecular formula is C16H12ClN5O3. The van der Waals surface area contributed by atoms with E-state index >= 15 is 0 Å². The zero-order valence-corrected chi connectivity index (χ0v) is 13.6. The van der Waals surface area contributed by atoms with E-state index in [0.717, 1.165) is 0 Å². The standard InChI is InChI=1S/C16H12ClN5O3/c17-13-3-2-11(22-9-18-20-21-22)8-12(13)16(23)19-10-1-4-14-15(7-10)25-6-5-24-14/h1-4,7-9H,5-6H2,(H,19,23). The first-order valence-corrected chi connectivity index (χ1v) is 7.82. The topological polar surface area (TPSA) is 91.2 Å². The number of halogens is 1. The second-order valence-corrected chi connectivity index (χ2v) is 5.64. The van der Waals surface area contributed by atoms with E-state index in [1.165, 1.54) is 11.0 Å². The third-order valence-corrected chi connectivity index (χ3v) is 3.94. The molecule has 25 heavy (non-hydrogen) atoms. The van der Waals surface area contributed by atoms with Crippen LogP contribution >= 0.6 is 11.6 Å². The maximum atomic E-state index is 12.6. The number of carbonyl (C=O) groups excluding carboxylic acids is 1. The second-order valence-electron chi connectivity index (χ2n) is 5.23. The molecule has 1 amide bonds. The van der Waals surface area contributed by atoms with E-state index in [4.69, 9.17) is 21.1 Å². The number of fused-ring (bicyclic) bond motifs is 1. The van der Waals surface area contributed by atoms with E-state index in [-0.39, 0.29) is 5.91 Å². The van der Waals surface area contributed by atoms with Crippen molar-refractivity contribution in [2.75, 3.05) is 18.5 Å². The molecule has 2 aromatic carbocycles. The molecule has 0 fully saturated rings. The van der Waals surface area contributed by atoms with Crippen LogP contribution in [0.5, 0.6) is 11.5 Å². The number of rotatable bonds is 3. The van der Waals surface area contributed by atoms with E-state index in [2.05, 4.69) is 20.8 Å². The molecule has 126 valence electrons. The van der Waals surface area contributed by atoms with Crippen LogP contribution in [0, 0.1) is 0 Å². The molecular weight excluding hydrogens is 346 g/mol. The molecule has 0 bridgehead atoms. The number of hydrogen-bond donors (Lipinski definition) is 1. The fraction of sp³-hybridized carbons (Fsp3) is 0.125. The van der Waals surface area contributed by atoms with E-state index in [1.807, 2.05) is 0 Å². The van der Waals surface area contributed by atoms with Gasteiger partial charge in [0.05, 0.1) is 16.3 Å². The Morgan fingerprint density at radius 1 is 1.12 bits per heavy atom. The Morgan fingerprint density at radius 2 is 1.96 bits per heavy atom. The summed E-state index contributed by atoms with van der Waals surface area (Å²) in [5, 5.41) is 14.1. The van der Waals surface area contributed by atoms with Crippen molar-refractivity contribution in [3.05, 3.63) is 53.3 Å². The predicted octanol–water partition coefficient (Wildman–Crippen LogP) is 2.34. The molecule has 0 unspecified atom stereocenters. The van der Waals surface area contributed by atoms with Crippen LogP contribution < -0.4 is 14.8 Å². The number of carbonyl (C=O) groups is 1. The fourth-order valence-corrected chi connectivity index (χ4v) is 2.63. The van der Waals surface area contributed by atoms with Crippen LogP contribution in [0.1, 0.15) is 10.4 Å². The summed E-state index contributed by atoms with van der Waals surface area (Å²) in [6.07, 6.45) is 1.44. The van der Waals surface area contributed by atoms with Gasteiger partial charge in [-0.3, -0.25) is 4.79 Å². The van der Waals surface area contributed by atoms with Crippen LogP contribution in [-0.4, -0.2) is 39.3 Å². The highest BCUT2D eigenvalue weighted by atomic mass is 35.5. The van der Waals surface area contributed by atoms with Gasteiger partial charge in [0, 0.05) is 11.8 Å². The highest BCUT2D eigenvalue weighted by Crippen LogP contribution is 2.33. The zero-order valence-electron chi connectivity index (χ0n) is 12.8. The molecule has 0 spiro atoms. The normalized spacial score (nSPS) is 12.7. The zero-order chi connectivity index (χ0) is 17.2. The third-order valence-electron chi connectivity index (χ3n) is 3.61. The molecule has 0 saturated heterocycles. The van der Waals surface area contributed by atoms with Crippen molar-refractivity contribution >= 4 is 23.2 Å². The van der Waals surface area contributed by atoms with Gasteiger partial charge in [-0.05, 0) is 40.8 Å². The summed E-state index contributed by atoms with van der Waals surface area (Å²) in [6, 6.07) is 10.2. The van der Waals surface area contributed by atoms with Gasteiger partial charge < -0.3 is 14.8 Å². The van der Waals surface area contributed by atoms with Gasteiger partial charge in [0.2, 0.25) is 0 Å². The first kappa shape index (κ1) is 15.4. The molecule has 9 heteroatoms. The highest BCUT2D eigenvalue weighted by Gasteiger charge is 2.16. The minimum Gasteiger partial charge on any atom is -0.486 e. The summed E-state index contributed by atoms with van der Waals surface area (Å²) in [5.74, 6) is 0.900. The van der Waals surface area contributed by atoms with Crippen molar-refractivity contribution in [3.63, 3.8) is 0 Å². The van der Waals surface area contributed by atoms with Crippen molar-refractivity contribution in [2.24, 2.45) is 0 Å². The summed E-state index contributed by atoms with van der Waals surface area (Å²) in [7, 11) is 0. The van der Waals surface area contributed by atoms with Gasteiger partial charge in [0.15, 0.2) is 11.5 Å². The van der Waals surface area contributed by atoms with Gasteiger partial charge in [-0.2, -0.15) is 0 Å². The summed E-state index contributed by atoms with van der Waals surface area (Å²) in [5.41, 5.74) is 1.52. The van der Waals surface area contributed by atoms with Crippen molar-refractivity contribution in [1.29, 1.82) is 0 Å². The second kappa shape index (κ2) is 6.40. The number of tetrazole rings is 1. The van der Waals surface area contributed by atoms with Gasteiger partial charge in [0.1, 0.15) is 19.5 Å². The quantitative estimate of drug-likeness (QED) is 0.773. The molecule has 3 aromatic rings. The van der Waals surface area contributed by atoms with Crippen LogP contribution in [0.3, 0.4) is 0 Å². The Balaban J connectivity index is 1.60. The van der Waals surface area contributed by atoms with Crippen LogP contribution in [0.15, 0.2) is 42.7 Å². The summed E-state index contributed by atoms with van der Waals surface area (Å²) in [4.78, 5) is 12.6. The molecule has 1 aromatic heterocycles.